The Morgan fingerprint density at radius 1 is 1.20 bits per heavy atom. The van der Waals surface area contributed by atoms with E-state index in [4.69, 9.17) is 16.3 Å². The maximum absolute atomic E-state index is 13.0. The number of nitrogens with one attached hydrogen (secondary N) is 1. The van der Waals surface area contributed by atoms with Gasteiger partial charge >= 0.3 is 0 Å². The van der Waals surface area contributed by atoms with Crippen LogP contribution in [0.4, 0.5) is 5.69 Å². The monoisotopic (exact) mass is 442 g/mol. The molecule has 1 atom stereocenters. The highest BCUT2D eigenvalue weighted by molar-refractivity contribution is 7.13. The van der Waals surface area contributed by atoms with Gasteiger partial charge in [0, 0.05) is 22.8 Å². The Bertz CT molecular complexity index is 1070. The highest BCUT2D eigenvalue weighted by atomic mass is 35.5. The Morgan fingerprint density at radius 3 is 2.77 bits per heavy atom. The summed E-state index contributed by atoms with van der Waals surface area (Å²) in [6, 6.07) is 13.7. The fourth-order valence-corrected chi connectivity index (χ4v) is 4.38. The van der Waals surface area contributed by atoms with Crippen LogP contribution in [0.5, 0.6) is 5.75 Å². The average molecular weight is 443 g/mol. The van der Waals surface area contributed by atoms with Gasteiger partial charge in [0.25, 0.3) is 11.8 Å². The molecule has 0 bridgehead atoms. The topological polar surface area (TPSA) is 84.4 Å². The SMILES string of the molecule is COc1cccc(C(=O)N2CCCC2c2nnc(C(=O)Nc3ccc(Cl)cc3)s2)c1. The first-order chi connectivity index (χ1) is 14.5. The quantitative estimate of drug-likeness (QED) is 0.631. The van der Waals surface area contributed by atoms with Crippen LogP contribution in [-0.2, 0) is 0 Å². The minimum atomic E-state index is -0.343. The second-order valence-corrected chi connectivity index (χ2v) is 8.24. The lowest BCUT2D eigenvalue weighted by atomic mass is 10.1. The second kappa shape index (κ2) is 8.81. The Kier molecular flexibility index (Phi) is 5.96. The van der Waals surface area contributed by atoms with Crippen molar-refractivity contribution in [1.29, 1.82) is 0 Å². The number of hydrogen-bond acceptors (Lipinski definition) is 6. The van der Waals surface area contributed by atoms with E-state index in [1.165, 1.54) is 11.3 Å². The summed E-state index contributed by atoms with van der Waals surface area (Å²) >= 11 is 7.08. The molecule has 2 amide bonds. The number of ether oxygens (including phenoxy) is 1. The number of benzene rings is 2. The van der Waals surface area contributed by atoms with Crippen molar-refractivity contribution in [2.45, 2.75) is 18.9 Å². The zero-order valence-electron chi connectivity index (χ0n) is 16.2. The fraction of sp³-hybridized carbons (Fsp3) is 0.238. The van der Waals surface area contributed by atoms with Crippen molar-refractivity contribution in [3.8, 4) is 5.75 Å². The van der Waals surface area contributed by atoms with Crippen LogP contribution >= 0.6 is 22.9 Å². The van der Waals surface area contributed by atoms with E-state index in [0.29, 0.717) is 33.6 Å². The van der Waals surface area contributed by atoms with Crippen molar-refractivity contribution >= 4 is 40.4 Å². The summed E-state index contributed by atoms with van der Waals surface area (Å²) < 4.78 is 5.22. The molecule has 1 aromatic heterocycles. The van der Waals surface area contributed by atoms with Gasteiger partial charge in [-0.1, -0.05) is 29.0 Å². The zero-order valence-corrected chi connectivity index (χ0v) is 17.7. The average Bonchev–Trinajstić information content (AvgIpc) is 3.44. The minimum absolute atomic E-state index is 0.0845. The molecule has 1 aliphatic heterocycles. The van der Waals surface area contributed by atoms with Crippen LogP contribution in [0.2, 0.25) is 5.02 Å². The van der Waals surface area contributed by atoms with Gasteiger partial charge in [0.15, 0.2) is 0 Å². The lowest BCUT2D eigenvalue weighted by molar-refractivity contribution is 0.0734. The maximum Gasteiger partial charge on any atom is 0.286 e. The van der Waals surface area contributed by atoms with E-state index in [-0.39, 0.29) is 22.9 Å². The fourth-order valence-electron chi connectivity index (χ4n) is 3.37. The van der Waals surface area contributed by atoms with Crippen LogP contribution in [0.15, 0.2) is 48.5 Å². The minimum Gasteiger partial charge on any atom is -0.497 e. The van der Waals surface area contributed by atoms with Crippen LogP contribution in [0.3, 0.4) is 0 Å². The molecule has 9 heteroatoms. The first-order valence-corrected chi connectivity index (χ1v) is 10.6. The molecule has 2 heterocycles. The maximum atomic E-state index is 13.0. The smallest absolute Gasteiger partial charge is 0.286 e. The molecule has 154 valence electrons. The molecule has 2 aromatic carbocycles. The summed E-state index contributed by atoms with van der Waals surface area (Å²) in [7, 11) is 1.57. The van der Waals surface area contributed by atoms with E-state index in [2.05, 4.69) is 15.5 Å². The van der Waals surface area contributed by atoms with Gasteiger partial charge in [-0.25, -0.2) is 0 Å². The number of halogens is 1. The number of likely N-dealkylation sites (tertiary alicyclic amines) is 1. The summed E-state index contributed by atoms with van der Waals surface area (Å²) in [5.41, 5.74) is 1.18. The summed E-state index contributed by atoms with van der Waals surface area (Å²) in [5, 5.41) is 12.5. The van der Waals surface area contributed by atoms with Crippen molar-refractivity contribution in [3.05, 3.63) is 69.1 Å². The number of anilines is 1. The summed E-state index contributed by atoms with van der Waals surface area (Å²) in [6.45, 7) is 0.632. The first-order valence-electron chi connectivity index (χ1n) is 9.40. The zero-order chi connectivity index (χ0) is 21.1. The van der Waals surface area contributed by atoms with Crippen molar-refractivity contribution in [2.75, 3.05) is 19.0 Å². The van der Waals surface area contributed by atoms with Crippen LogP contribution in [-0.4, -0.2) is 40.6 Å². The molecule has 0 saturated carbocycles. The van der Waals surface area contributed by atoms with Crippen molar-refractivity contribution in [3.63, 3.8) is 0 Å². The predicted molar refractivity (Wildman–Crippen MR) is 115 cm³/mol. The Hall–Kier alpha value is -2.97. The van der Waals surface area contributed by atoms with E-state index < -0.39 is 0 Å². The third kappa shape index (κ3) is 4.29. The summed E-state index contributed by atoms with van der Waals surface area (Å²) in [5.74, 6) is 0.206. The molecule has 3 aromatic rings. The molecule has 0 spiro atoms. The predicted octanol–water partition coefficient (Wildman–Crippen LogP) is 4.43. The highest BCUT2D eigenvalue weighted by Gasteiger charge is 2.33. The van der Waals surface area contributed by atoms with Gasteiger partial charge < -0.3 is 15.0 Å². The van der Waals surface area contributed by atoms with Crippen LogP contribution in [0.1, 0.15) is 44.1 Å². The number of hydrogen-bond donors (Lipinski definition) is 1. The number of nitrogens with zero attached hydrogens (tertiary/aromatic N) is 3. The number of methoxy groups -OCH3 is 1. The molecule has 1 saturated heterocycles. The highest BCUT2D eigenvalue weighted by Crippen LogP contribution is 2.35. The van der Waals surface area contributed by atoms with E-state index in [1.807, 2.05) is 0 Å². The first kappa shape index (κ1) is 20.3. The lowest BCUT2D eigenvalue weighted by Crippen LogP contribution is -2.30. The molecule has 30 heavy (non-hydrogen) atoms. The van der Waals surface area contributed by atoms with E-state index in [0.717, 1.165) is 12.8 Å². The number of rotatable bonds is 5. The second-order valence-electron chi connectivity index (χ2n) is 6.79. The molecule has 4 rings (SSSR count). The number of amides is 2. The molecular formula is C21H19ClN4O3S. The van der Waals surface area contributed by atoms with E-state index in [9.17, 15) is 9.59 Å². The van der Waals surface area contributed by atoms with Crippen LogP contribution < -0.4 is 10.1 Å². The van der Waals surface area contributed by atoms with Gasteiger partial charge in [-0.3, -0.25) is 9.59 Å². The molecule has 1 aliphatic rings. The summed E-state index contributed by atoms with van der Waals surface area (Å²) in [6.07, 6.45) is 1.65. The Labute approximate surface area is 182 Å². The summed E-state index contributed by atoms with van der Waals surface area (Å²) in [4.78, 5) is 27.3. The third-order valence-electron chi connectivity index (χ3n) is 4.85. The van der Waals surface area contributed by atoms with Crippen LogP contribution in [0.25, 0.3) is 0 Å². The van der Waals surface area contributed by atoms with Gasteiger partial charge in [0.05, 0.1) is 13.2 Å². The van der Waals surface area contributed by atoms with Gasteiger partial charge in [-0.05, 0) is 55.3 Å². The lowest BCUT2D eigenvalue weighted by Gasteiger charge is -2.23. The molecule has 1 fully saturated rings. The molecule has 0 radical (unpaired) electrons. The standard InChI is InChI=1S/C21H19ClN4O3S/c1-29-16-5-2-4-13(12-16)21(28)26-11-3-6-17(26)19-24-25-20(30-19)18(27)23-15-9-7-14(22)8-10-15/h2,4-5,7-10,12,17H,3,6,11H2,1H3,(H,23,27). The molecular weight excluding hydrogens is 424 g/mol. The van der Waals surface area contributed by atoms with Crippen LogP contribution in [0, 0.1) is 0 Å². The third-order valence-corrected chi connectivity index (χ3v) is 6.13. The molecule has 7 nitrogen and oxygen atoms in total. The Morgan fingerprint density at radius 2 is 2.00 bits per heavy atom. The van der Waals surface area contributed by atoms with Gasteiger partial charge in [-0.15, -0.1) is 10.2 Å². The van der Waals surface area contributed by atoms with Crippen molar-refractivity contribution in [2.24, 2.45) is 0 Å². The Balaban J connectivity index is 1.49. The molecule has 1 N–H and O–H groups in total. The van der Waals surface area contributed by atoms with Gasteiger partial charge in [0.2, 0.25) is 5.01 Å². The van der Waals surface area contributed by atoms with Crippen molar-refractivity contribution < 1.29 is 14.3 Å². The van der Waals surface area contributed by atoms with Crippen molar-refractivity contribution in [1.82, 2.24) is 15.1 Å². The normalized spacial score (nSPS) is 15.8. The largest absolute Gasteiger partial charge is 0.497 e. The number of carbonyl (C=O) groups is 2. The van der Waals surface area contributed by atoms with Gasteiger partial charge in [0.1, 0.15) is 10.8 Å². The molecule has 1 unspecified atom stereocenters. The molecule has 0 aliphatic carbocycles. The number of aromatic nitrogens is 2. The van der Waals surface area contributed by atoms with Gasteiger partial charge in [-0.2, -0.15) is 0 Å². The number of carbonyl (C=O) groups excluding carboxylic acids is 2. The van der Waals surface area contributed by atoms with E-state index >= 15 is 0 Å². The van der Waals surface area contributed by atoms with E-state index in [1.54, 1.807) is 60.5 Å².